The molecule has 0 atom stereocenters. The molecule has 0 bridgehead atoms. The summed E-state index contributed by atoms with van der Waals surface area (Å²) in [6, 6.07) is 7.21. The lowest BCUT2D eigenvalue weighted by Crippen LogP contribution is -2.50. The van der Waals surface area contributed by atoms with Crippen LogP contribution >= 0.6 is 0 Å². The summed E-state index contributed by atoms with van der Waals surface area (Å²) in [4.78, 5) is 40.2. The molecule has 1 heterocycles. The standard InChI is InChI=1S/C20H30N4O4/c1-5-10-24(18(26)21-15-25)17-8-6-16(7-9-17)22-11-13-23(14-12-22)19(27)28-20(2,3)4/h6-9,15H,5,10-14H2,1-4H3,(H,21,25,26). The van der Waals surface area contributed by atoms with E-state index in [2.05, 4.69) is 10.2 Å². The van der Waals surface area contributed by atoms with Crippen molar-refractivity contribution in [3.05, 3.63) is 24.3 Å². The molecule has 2 rings (SSSR count). The third kappa shape index (κ3) is 5.87. The lowest BCUT2D eigenvalue weighted by molar-refractivity contribution is -0.108. The molecule has 8 heteroatoms. The highest BCUT2D eigenvalue weighted by Crippen LogP contribution is 2.23. The topological polar surface area (TPSA) is 82.2 Å². The minimum atomic E-state index is -0.495. The van der Waals surface area contributed by atoms with Crippen LogP contribution in [0.25, 0.3) is 0 Å². The van der Waals surface area contributed by atoms with Gasteiger partial charge in [-0.15, -0.1) is 0 Å². The highest BCUT2D eigenvalue weighted by atomic mass is 16.6. The number of carbonyl (C=O) groups excluding carboxylic acids is 3. The van der Waals surface area contributed by atoms with Gasteiger partial charge >= 0.3 is 12.1 Å². The molecule has 8 nitrogen and oxygen atoms in total. The number of piperazine rings is 1. The van der Waals surface area contributed by atoms with Crippen LogP contribution in [0, 0.1) is 0 Å². The zero-order valence-corrected chi connectivity index (χ0v) is 17.1. The number of nitrogens with one attached hydrogen (secondary N) is 1. The maximum Gasteiger partial charge on any atom is 0.410 e. The Morgan fingerprint density at radius 1 is 1.14 bits per heavy atom. The van der Waals surface area contributed by atoms with Crippen molar-refractivity contribution in [1.29, 1.82) is 0 Å². The Bertz CT molecular complexity index is 676. The summed E-state index contributed by atoms with van der Waals surface area (Å²) in [5.74, 6) is 0. The van der Waals surface area contributed by atoms with Crippen LogP contribution < -0.4 is 15.1 Å². The number of nitrogens with zero attached hydrogens (tertiary/aromatic N) is 3. The summed E-state index contributed by atoms with van der Waals surface area (Å²) >= 11 is 0. The van der Waals surface area contributed by atoms with Gasteiger partial charge in [0.25, 0.3) is 0 Å². The van der Waals surface area contributed by atoms with Crippen molar-refractivity contribution in [3.63, 3.8) is 0 Å². The molecular weight excluding hydrogens is 360 g/mol. The maximum atomic E-state index is 12.2. The largest absolute Gasteiger partial charge is 0.444 e. The smallest absolute Gasteiger partial charge is 0.410 e. The maximum absolute atomic E-state index is 12.2. The third-order valence-corrected chi connectivity index (χ3v) is 4.33. The van der Waals surface area contributed by atoms with Crippen LogP contribution in [0.3, 0.4) is 0 Å². The van der Waals surface area contributed by atoms with Crippen molar-refractivity contribution >= 4 is 29.9 Å². The first-order valence-corrected chi connectivity index (χ1v) is 9.59. The third-order valence-electron chi connectivity index (χ3n) is 4.33. The van der Waals surface area contributed by atoms with Gasteiger partial charge in [-0.3, -0.25) is 15.0 Å². The van der Waals surface area contributed by atoms with Gasteiger partial charge in [-0.05, 0) is 51.5 Å². The van der Waals surface area contributed by atoms with Crippen LogP contribution in [0.5, 0.6) is 0 Å². The molecule has 1 aliphatic heterocycles. The molecule has 0 radical (unpaired) electrons. The average Bonchev–Trinajstić information content (AvgIpc) is 2.65. The fourth-order valence-corrected chi connectivity index (χ4v) is 3.02. The zero-order valence-electron chi connectivity index (χ0n) is 17.1. The van der Waals surface area contributed by atoms with Crippen LogP contribution in [0.15, 0.2) is 24.3 Å². The Morgan fingerprint density at radius 3 is 2.25 bits per heavy atom. The average molecular weight is 390 g/mol. The minimum Gasteiger partial charge on any atom is -0.444 e. The Kier molecular flexibility index (Phi) is 7.25. The van der Waals surface area contributed by atoms with Gasteiger partial charge in [-0.1, -0.05) is 6.92 Å². The molecular formula is C20H30N4O4. The molecule has 0 spiro atoms. The number of carbonyl (C=O) groups is 3. The summed E-state index contributed by atoms with van der Waals surface area (Å²) in [7, 11) is 0. The van der Waals surface area contributed by atoms with Gasteiger partial charge in [-0.2, -0.15) is 0 Å². The normalized spacial score (nSPS) is 14.4. The van der Waals surface area contributed by atoms with E-state index in [-0.39, 0.29) is 6.09 Å². The molecule has 0 unspecified atom stereocenters. The predicted molar refractivity (Wildman–Crippen MR) is 109 cm³/mol. The van der Waals surface area contributed by atoms with Gasteiger partial charge < -0.3 is 14.5 Å². The monoisotopic (exact) mass is 390 g/mol. The molecule has 1 N–H and O–H groups in total. The second-order valence-corrected chi connectivity index (χ2v) is 7.69. The Labute approximate surface area is 166 Å². The van der Waals surface area contributed by atoms with Gasteiger partial charge in [-0.25, -0.2) is 9.59 Å². The second kappa shape index (κ2) is 9.43. The molecule has 1 fully saturated rings. The van der Waals surface area contributed by atoms with E-state index in [0.29, 0.717) is 39.1 Å². The van der Waals surface area contributed by atoms with E-state index >= 15 is 0 Å². The second-order valence-electron chi connectivity index (χ2n) is 7.69. The molecule has 1 saturated heterocycles. The highest BCUT2D eigenvalue weighted by Gasteiger charge is 2.26. The number of imide groups is 1. The van der Waals surface area contributed by atoms with Crippen molar-refractivity contribution in [2.45, 2.75) is 39.7 Å². The molecule has 1 aromatic carbocycles. The fourth-order valence-electron chi connectivity index (χ4n) is 3.02. The fraction of sp³-hybridized carbons (Fsp3) is 0.550. The van der Waals surface area contributed by atoms with Crippen LogP contribution in [0.2, 0.25) is 0 Å². The number of hydrogen-bond donors (Lipinski definition) is 1. The first kappa shape index (κ1) is 21.5. The van der Waals surface area contributed by atoms with Crippen molar-refractivity contribution in [1.82, 2.24) is 10.2 Å². The SMILES string of the molecule is CCCN(C(=O)NC=O)c1ccc(N2CCN(C(=O)OC(C)(C)C)CC2)cc1. The Balaban J connectivity index is 1.98. The Hall–Kier alpha value is -2.77. The van der Waals surface area contributed by atoms with Crippen LogP contribution in [0.1, 0.15) is 34.1 Å². The first-order chi connectivity index (χ1) is 13.2. The van der Waals surface area contributed by atoms with E-state index < -0.39 is 11.6 Å². The van der Waals surface area contributed by atoms with Gasteiger partial charge in [0.05, 0.1) is 0 Å². The minimum absolute atomic E-state index is 0.279. The van der Waals surface area contributed by atoms with Crippen molar-refractivity contribution in [2.24, 2.45) is 0 Å². The lowest BCUT2D eigenvalue weighted by Gasteiger charge is -2.37. The van der Waals surface area contributed by atoms with Gasteiger partial charge in [0.15, 0.2) is 0 Å². The molecule has 0 saturated carbocycles. The van der Waals surface area contributed by atoms with Crippen molar-refractivity contribution in [3.8, 4) is 0 Å². The van der Waals surface area contributed by atoms with E-state index in [1.54, 1.807) is 9.80 Å². The van der Waals surface area contributed by atoms with Gasteiger partial charge in [0, 0.05) is 44.1 Å². The van der Waals surface area contributed by atoms with E-state index in [1.165, 1.54) is 0 Å². The quantitative estimate of drug-likeness (QED) is 0.782. The van der Waals surface area contributed by atoms with Crippen LogP contribution in [0.4, 0.5) is 21.0 Å². The van der Waals surface area contributed by atoms with E-state index in [1.807, 2.05) is 52.0 Å². The number of ether oxygens (including phenoxy) is 1. The van der Waals surface area contributed by atoms with Crippen LogP contribution in [-0.4, -0.2) is 61.8 Å². The first-order valence-electron chi connectivity index (χ1n) is 9.59. The molecule has 1 aromatic rings. The lowest BCUT2D eigenvalue weighted by atomic mass is 10.2. The molecule has 0 aliphatic carbocycles. The van der Waals surface area contributed by atoms with Crippen molar-refractivity contribution < 1.29 is 19.1 Å². The predicted octanol–water partition coefficient (Wildman–Crippen LogP) is 2.83. The number of rotatable bonds is 5. The van der Waals surface area contributed by atoms with Crippen molar-refractivity contribution in [2.75, 3.05) is 42.5 Å². The number of amides is 4. The molecule has 154 valence electrons. The molecule has 28 heavy (non-hydrogen) atoms. The molecule has 4 amide bonds. The number of benzene rings is 1. The number of urea groups is 1. The Morgan fingerprint density at radius 2 is 1.75 bits per heavy atom. The van der Waals surface area contributed by atoms with Gasteiger partial charge in [0.2, 0.25) is 6.41 Å². The number of anilines is 2. The summed E-state index contributed by atoms with van der Waals surface area (Å²) < 4.78 is 5.43. The molecule has 0 aromatic heterocycles. The highest BCUT2D eigenvalue weighted by molar-refractivity contribution is 5.97. The zero-order chi connectivity index (χ0) is 20.7. The summed E-state index contributed by atoms with van der Waals surface area (Å²) in [5, 5.41) is 2.19. The van der Waals surface area contributed by atoms with Gasteiger partial charge in [0.1, 0.15) is 5.60 Å². The van der Waals surface area contributed by atoms with E-state index in [0.717, 1.165) is 17.8 Å². The summed E-state index contributed by atoms with van der Waals surface area (Å²) in [5.41, 5.74) is 1.27. The van der Waals surface area contributed by atoms with E-state index in [4.69, 9.17) is 4.74 Å². The molecule has 1 aliphatic rings. The van der Waals surface area contributed by atoms with E-state index in [9.17, 15) is 14.4 Å². The summed E-state index contributed by atoms with van der Waals surface area (Å²) in [6.45, 7) is 10.7. The van der Waals surface area contributed by atoms with Crippen LogP contribution in [-0.2, 0) is 9.53 Å². The summed E-state index contributed by atoms with van der Waals surface area (Å²) in [6.07, 6.45) is 0.892. The number of hydrogen-bond acceptors (Lipinski definition) is 5.